The highest BCUT2D eigenvalue weighted by Crippen LogP contribution is 2.42. The molecule has 342 valence electrons. The molecule has 0 unspecified atom stereocenters. The summed E-state index contributed by atoms with van der Waals surface area (Å²) >= 11 is 0. The maximum Gasteiger partial charge on any atom is 0.187 e. The van der Waals surface area contributed by atoms with Crippen LogP contribution in [0.2, 0.25) is 0 Å². The zero-order valence-corrected chi connectivity index (χ0v) is 39.5. The summed E-state index contributed by atoms with van der Waals surface area (Å²) in [5.41, 5.74) is 14.9. The summed E-state index contributed by atoms with van der Waals surface area (Å²) in [5, 5.41) is 24.7. The van der Waals surface area contributed by atoms with Crippen LogP contribution < -0.4 is 0 Å². The minimum absolute atomic E-state index is 0.427. The van der Waals surface area contributed by atoms with Crippen molar-refractivity contribution in [2.24, 2.45) is 0 Å². The SMILES string of the molecule is [C-]#[N+]c1cccc(-c2ccc(-n3c4ccccc4c4ccccc43)c(-c3nc(-c4cccc(-c5ccccc5C#N)c4)nc(-c4cc(-c5cccc(C#N)c5)ccc4-n4c5ccccc5c5ccccc54)n3)c2)c1. The molecule has 0 amide bonds. The number of rotatable bonds is 8. The van der Waals surface area contributed by atoms with Gasteiger partial charge in [0.2, 0.25) is 0 Å². The lowest BCUT2D eigenvalue weighted by Gasteiger charge is -2.18. The highest BCUT2D eigenvalue weighted by molar-refractivity contribution is 6.11. The van der Waals surface area contributed by atoms with E-state index in [2.05, 4.69) is 160 Å². The van der Waals surface area contributed by atoms with Crippen molar-refractivity contribution < 1.29 is 0 Å². The zero-order chi connectivity index (χ0) is 49.7. The maximum atomic E-state index is 10.2. The molecule has 0 atom stereocenters. The first-order chi connectivity index (χ1) is 36.5. The van der Waals surface area contributed by atoms with Crippen LogP contribution in [-0.4, -0.2) is 24.1 Å². The van der Waals surface area contributed by atoms with Crippen molar-refractivity contribution in [1.82, 2.24) is 24.1 Å². The number of nitriles is 2. The van der Waals surface area contributed by atoms with E-state index in [1.54, 1.807) is 0 Å². The Balaban J connectivity index is 1.15. The Morgan fingerprint density at radius 3 is 1.34 bits per heavy atom. The predicted octanol–water partition coefficient (Wildman–Crippen LogP) is 16.4. The van der Waals surface area contributed by atoms with Crippen molar-refractivity contribution >= 4 is 49.3 Å². The van der Waals surface area contributed by atoms with Gasteiger partial charge in [-0.25, -0.2) is 19.8 Å². The van der Waals surface area contributed by atoms with E-state index in [9.17, 15) is 10.5 Å². The normalized spacial score (nSPS) is 11.2. The van der Waals surface area contributed by atoms with Gasteiger partial charge in [0.25, 0.3) is 0 Å². The molecule has 13 aromatic rings. The van der Waals surface area contributed by atoms with Crippen molar-refractivity contribution in [3.63, 3.8) is 0 Å². The van der Waals surface area contributed by atoms with E-state index >= 15 is 0 Å². The lowest BCUT2D eigenvalue weighted by molar-refractivity contribution is 1.06. The maximum absolute atomic E-state index is 10.2. The lowest BCUT2D eigenvalue weighted by atomic mass is 9.98. The summed E-state index contributed by atoms with van der Waals surface area (Å²) in [6.07, 6.45) is 0. The van der Waals surface area contributed by atoms with Crippen molar-refractivity contribution in [3.8, 4) is 91.1 Å². The predicted molar refractivity (Wildman–Crippen MR) is 297 cm³/mol. The summed E-state index contributed by atoms with van der Waals surface area (Å²) in [5.74, 6) is 1.29. The third kappa shape index (κ3) is 7.33. The van der Waals surface area contributed by atoms with E-state index in [-0.39, 0.29) is 0 Å². The van der Waals surface area contributed by atoms with Crippen LogP contribution in [0.1, 0.15) is 11.1 Å². The second-order valence-electron chi connectivity index (χ2n) is 18.1. The lowest BCUT2D eigenvalue weighted by Crippen LogP contribution is -2.06. The van der Waals surface area contributed by atoms with Crippen LogP contribution in [0.25, 0.3) is 127 Å². The Labute approximate surface area is 426 Å². The van der Waals surface area contributed by atoms with Crippen LogP contribution >= 0.6 is 0 Å². The molecule has 0 saturated carbocycles. The first-order valence-electron chi connectivity index (χ1n) is 24.2. The van der Waals surface area contributed by atoms with Gasteiger partial charge < -0.3 is 9.13 Å². The van der Waals surface area contributed by atoms with E-state index < -0.39 is 0 Å². The van der Waals surface area contributed by atoms with Gasteiger partial charge in [-0.2, -0.15) is 10.5 Å². The van der Waals surface area contributed by atoms with Crippen molar-refractivity contribution in [1.29, 1.82) is 10.5 Å². The highest BCUT2D eigenvalue weighted by Gasteiger charge is 2.24. The zero-order valence-electron chi connectivity index (χ0n) is 39.5. The molecule has 0 bridgehead atoms. The average Bonchev–Trinajstić information content (AvgIpc) is 3.99. The van der Waals surface area contributed by atoms with E-state index in [4.69, 9.17) is 21.5 Å². The number of hydrogen-bond acceptors (Lipinski definition) is 5. The number of benzene rings is 10. The van der Waals surface area contributed by atoms with Gasteiger partial charge in [0.1, 0.15) is 0 Å². The largest absolute Gasteiger partial charge is 0.309 e. The van der Waals surface area contributed by atoms with Crippen LogP contribution in [0.3, 0.4) is 0 Å². The third-order valence-corrected chi connectivity index (χ3v) is 13.9. The minimum Gasteiger partial charge on any atom is -0.309 e. The summed E-state index contributed by atoms with van der Waals surface area (Å²) in [6.45, 7) is 7.88. The van der Waals surface area contributed by atoms with Gasteiger partial charge in [-0.3, -0.25) is 0 Å². The number of para-hydroxylation sites is 4. The Kier molecular flexibility index (Phi) is 10.5. The molecule has 74 heavy (non-hydrogen) atoms. The Bertz CT molecular complexity index is 4210. The van der Waals surface area contributed by atoms with E-state index in [1.807, 2.05) is 97.1 Å². The van der Waals surface area contributed by atoms with E-state index in [1.165, 1.54) is 0 Å². The van der Waals surface area contributed by atoms with Crippen molar-refractivity contribution in [3.05, 3.63) is 253 Å². The van der Waals surface area contributed by atoms with Gasteiger partial charge in [-0.15, -0.1) is 0 Å². The molecule has 0 N–H and O–H groups in total. The second kappa shape index (κ2) is 17.9. The van der Waals surface area contributed by atoms with Gasteiger partial charge in [0, 0.05) is 38.2 Å². The highest BCUT2D eigenvalue weighted by atomic mass is 15.1. The molecule has 0 radical (unpaired) electrons. The standard InChI is InChI=1S/C66H38N8/c1-69-50-21-14-18-44(37-50)46-32-34-63(74-60-29-10-6-25-54(60)55-26-7-11-30-61(55)74)57(39-46)66-71-64(48-20-13-19-47(36-48)51-22-3-2-16-49(51)41-68)70-65(72-66)56-38-45(43-17-12-15-42(35-43)40-67)31-33-62(56)73-58-27-8-4-23-52(58)53-24-5-9-28-59(53)73/h2-39H. The molecule has 3 heterocycles. The quantitative estimate of drug-likeness (QED) is 0.141. The van der Waals surface area contributed by atoms with Crippen LogP contribution in [-0.2, 0) is 0 Å². The van der Waals surface area contributed by atoms with Gasteiger partial charge >= 0.3 is 0 Å². The fourth-order valence-electron chi connectivity index (χ4n) is 10.5. The molecule has 0 spiro atoms. The number of aromatic nitrogens is 5. The van der Waals surface area contributed by atoms with E-state index in [0.29, 0.717) is 34.3 Å². The third-order valence-electron chi connectivity index (χ3n) is 13.9. The second-order valence-corrected chi connectivity index (χ2v) is 18.1. The first-order valence-corrected chi connectivity index (χ1v) is 24.2. The molecule has 8 heteroatoms. The fraction of sp³-hybridized carbons (Fsp3) is 0. The van der Waals surface area contributed by atoms with Gasteiger partial charge in [-0.05, 0) is 112 Å². The van der Waals surface area contributed by atoms with Crippen molar-refractivity contribution in [2.75, 3.05) is 0 Å². The van der Waals surface area contributed by atoms with Gasteiger partial charge in [-0.1, -0.05) is 152 Å². The molecule has 0 aliphatic carbocycles. The molecule has 13 rings (SSSR count). The summed E-state index contributed by atoms with van der Waals surface area (Å²) in [7, 11) is 0. The molecule has 0 aliphatic rings. The summed E-state index contributed by atoms with van der Waals surface area (Å²) in [4.78, 5) is 20.3. The van der Waals surface area contributed by atoms with Crippen LogP contribution in [0, 0.1) is 29.2 Å². The summed E-state index contributed by atoms with van der Waals surface area (Å²) < 4.78 is 4.57. The molecule has 0 fully saturated rings. The summed E-state index contributed by atoms with van der Waals surface area (Å²) in [6, 6.07) is 82.0. The molecule has 8 nitrogen and oxygen atoms in total. The fourth-order valence-corrected chi connectivity index (χ4v) is 10.5. The smallest absolute Gasteiger partial charge is 0.187 e. The molecule has 0 aliphatic heterocycles. The van der Waals surface area contributed by atoms with Crippen LogP contribution in [0.15, 0.2) is 231 Å². The molecule has 10 aromatic carbocycles. The number of fused-ring (bicyclic) bond motifs is 6. The number of nitrogens with zero attached hydrogens (tertiary/aromatic N) is 8. The number of hydrogen-bond donors (Lipinski definition) is 0. The van der Waals surface area contributed by atoms with Gasteiger partial charge in [0.05, 0.1) is 63.3 Å². The molecule has 0 saturated heterocycles. The molecule has 3 aromatic heterocycles. The van der Waals surface area contributed by atoms with Crippen LogP contribution in [0.4, 0.5) is 5.69 Å². The molecular formula is C66H38N8. The molecular weight excluding hydrogens is 905 g/mol. The Morgan fingerprint density at radius 2 is 0.797 bits per heavy atom. The van der Waals surface area contributed by atoms with Gasteiger partial charge in [0.15, 0.2) is 23.2 Å². The van der Waals surface area contributed by atoms with Crippen LogP contribution in [0.5, 0.6) is 0 Å². The van der Waals surface area contributed by atoms with Crippen molar-refractivity contribution in [2.45, 2.75) is 0 Å². The first kappa shape index (κ1) is 43.3. The monoisotopic (exact) mass is 942 g/mol. The topological polar surface area (TPSA) is 100 Å². The average molecular weight is 943 g/mol. The Morgan fingerprint density at radius 1 is 0.351 bits per heavy atom. The Hall–Kier alpha value is -10.7. The minimum atomic E-state index is 0.427. The van der Waals surface area contributed by atoms with E-state index in [0.717, 1.165) is 105 Å².